The highest BCUT2D eigenvalue weighted by Crippen LogP contribution is 2.11. The summed E-state index contributed by atoms with van der Waals surface area (Å²) in [5.74, 6) is -0.191. The van der Waals surface area contributed by atoms with Gasteiger partial charge in [0.25, 0.3) is 5.91 Å². The minimum absolute atomic E-state index is 0.191. The Balaban J connectivity index is 1.42. The predicted octanol–water partition coefficient (Wildman–Crippen LogP) is 2.44. The van der Waals surface area contributed by atoms with E-state index in [1.165, 1.54) is 19.3 Å². The van der Waals surface area contributed by atoms with E-state index in [9.17, 15) is 4.79 Å². The van der Waals surface area contributed by atoms with Crippen LogP contribution in [0.1, 0.15) is 41.7 Å². The summed E-state index contributed by atoms with van der Waals surface area (Å²) < 4.78 is 1.75. The molecular weight excluding hydrogens is 338 g/mol. The van der Waals surface area contributed by atoms with Gasteiger partial charge in [-0.1, -0.05) is 35.4 Å². The van der Waals surface area contributed by atoms with Crippen LogP contribution >= 0.6 is 11.6 Å². The van der Waals surface area contributed by atoms with Crippen LogP contribution < -0.4 is 10.6 Å². The summed E-state index contributed by atoms with van der Waals surface area (Å²) >= 11 is 5.96. The Morgan fingerprint density at radius 2 is 2.32 bits per heavy atom. The molecule has 0 radical (unpaired) electrons. The zero-order valence-electron chi connectivity index (χ0n) is 14.2. The number of amides is 1. The number of rotatable bonds is 7. The molecule has 3 rings (SSSR count). The van der Waals surface area contributed by atoms with E-state index in [-0.39, 0.29) is 5.91 Å². The van der Waals surface area contributed by atoms with Gasteiger partial charge in [-0.3, -0.25) is 9.48 Å². The standard InChI is InChI=1S/C18H24ClN5O/c19-15-5-3-4-14(12-15)7-10-21-18(25)17-13-24(23-22-17)11-8-16-6-1-2-9-20-16/h3-5,12-13,16,20H,1-2,6-11H2,(H,21,25)/t16-/m1/s1. The number of halogens is 1. The lowest BCUT2D eigenvalue weighted by Gasteiger charge is -2.23. The smallest absolute Gasteiger partial charge is 0.273 e. The number of carbonyl (C=O) groups excluding carboxylic acids is 1. The number of hydrogen-bond donors (Lipinski definition) is 2. The molecule has 0 aliphatic carbocycles. The van der Waals surface area contributed by atoms with Crippen molar-refractivity contribution in [2.24, 2.45) is 0 Å². The normalized spacial score (nSPS) is 17.4. The second-order valence-electron chi connectivity index (χ2n) is 6.44. The molecule has 1 aromatic carbocycles. The fourth-order valence-electron chi connectivity index (χ4n) is 3.07. The Morgan fingerprint density at radius 3 is 3.12 bits per heavy atom. The van der Waals surface area contributed by atoms with Crippen LogP contribution in [0.4, 0.5) is 0 Å². The molecule has 1 aliphatic rings. The van der Waals surface area contributed by atoms with Gasteiger partial charge >= 0.3 is 0 Å². The van der Waals surface area contributed by atoms with E-state index >= 15 is 0 Å². The van der Waals surface area contributed by atoms with E-state index in [0.717, 1.165) is 31.5 Å². The van der Waals surface area contributed by atoms with Gasteiger partial charge in [0.1, 0.15) is 0 Å². The third-order valence-corrected chi connectivity index (χ3v) is 4.71. The Labute approximate surface area is 152 Å². The predicted molar refractivity (Wildman–Crippen MR) is 97.8 cm³/mol. The van der Waals surface area contributed by atoms with E-state index in [2.05, 4.69) is 20.9 Å². The average Bonchev–Trinajstić information content (AvgIpc) is 3.10. The van der Waals surface area contributed by atoms with E-state index in [0.29, 0.717) is 23.3 Å². The second kappa shape index (κ2) is 8.97. The summed E-state index contributed by atoms with van der Waals surface area (Å²) in [5, 5.41) is 15.1. The lowest BCUT2D eigenvalue weighted by atomic mass is 10.0. The van der Waals surface area contributed by atoms with E-state index in [4.69, 9.17) is 11.6 Å². The minimum Gasteiger partial charge on any atom is -0.350 e. The van der Waals surface area contributed by atoms with Gasteiger partial charge in [-0.25, -0.2) is 0 Å². The molecule has 2 heterocycles. The molecule has 0 unspecified atom stereocenters. The molecule has 1 saturated heterocycles. The number of carbonyl (C=O) groups is 1. The molecule has 2 N–H and O–H groups in total. The molecule has 2 aromatic rings. The van der Waals surface area contributed by atoms with Gasteiger partial charge < -0.3 is 10.6 Å². The van der Waals surface area contributed by atoms with Gasteiger partial charge in [-0.05, 0) is 49.9 Å². The zero-order chi connectivity index (χ0) is 17.5. The Morgan fingerprint density at radius 1 is 1.40 bits per heavy atom. The quantitative estimate of drug-likeness (QED) is 0.794. The topological polar surface area (TPSA) is 71.8 Å². The van der Waals surface area contributed by atoms with Crippen molar-refractivity contribution >= 4 is 17.5 Å². The van der Waals surface area contributed by atoms with E-state index in [1.54, 1.807) is 10.9 Å². The van der Waals surface area contributed by atoms with Crippen molar-refractivity contribution in [3.63, 3.8) is 0 Å². The maximum Gasteiger partial charge on any atom is 0.273 e. The molecule has 0 saturated carbocycles. The summed E-state index contributed by atoms with van der Waals surface area (Å²) in [4.78, 5) is 12.2. The molecule has 1 aliphatic heterocycles. The van der Waals surface area contributed by atoms with Gasteiger partial charge in [0.15, 0.2) is 5.69 Å². The maximum absolute atomic E-state index is 12.2. The Bertz CT molecular complexity index is 696. The fraction of sp³-hybridized carbons (Fsp3) is 0.500. The van der Waals surface area contributed by atoms with Crippen molar-refractivity contribution in [1.82, 2.24) is 25.6 Å². The Kier molecular flexibility index (Phi) is 6.42. The molecule has 6 nitrogen and oxygen atoms in total. The summed E-state index contributed by atoms with van der Waals surface area (Å²) in [5.41, 5.74) is 1.46. The number of piperidine rings is 1. The lowest BCUT2D eigenvalue weighted by Crippen LogP contribution is -2.34. The highest BCUT2D eigenvalue weighted by atomic mass is 35.5. The Hall–Kier alpha value is -1.92. The van der Waals surface area contributed by atoms with Crippen LogP contribution in [0.2, 0.25) is 5.02 Å². The highest BCUT2D eigenvalue weighted by Gasteiger charge is 2.14. The molecule has 0 spiro atoms. The van der Waals surface area contributed by atoms with Crippen molar-refractivity contribution in [3.05, 3.63) is 46.7 Å². The number of hydrogen-bond acceptors (Lipinski definition) is 4. The van der Waals surface area contributed by atoms with Crippen molar-refractivity contribution in [3.8, 4) is 0 Å². The molecule has 1 fully saturated rings. The van der Waals surface area contributed by atoms with Crippen molar-refractivity contribution in [2.75, 3.05) is 13.1 Å². The monoisotopic (exact) mass is 361 g/mol. The van der Waals surface area contributed by atoms with Gasteiger partial charge in [-0.2, -0.15) is 0 Å². The third kappa shape index (κ3) is 5.54. The summed E-state index contributed by atoms with van der Waals surface area (Å²) in [6.07, 6.45) is 7.23. The first-order chi connectivity index (χ1) is 12.2. The van der Waals surface area contributed by atoms with Gasteiger partial charge in [0.2, 0.25) is 0 Å². The molecule has 134 valence electrons. The molecular formula is C18H24ClN5O. The molecule has 0 bridgehead atoms. The number of nitrogens with one attached hydrogen (secondary N) is 2. The first kappa shape index (κ1) is 17.9. The van der Waals surface area contributed by atoms with Crippen molar-refractivity contribution in [1.29, 1.82) is 0 Å². The fourth-order valence-corrected chi connectivity index (χ4v) is 3.29. The molecule has 25 heavy (non-hydrogen) atoms. The average molecular weight is 362 g/mol. The number of benzene rings is 1. The molecule has 1 atom stereocenters. The molecule has 1 aromatic heterocycles. The summed E-state index contributed by atoms with van der Waals surface area (Å²) in [7, 11) is 0. The van der Waals surface area contributed by atoms with Gasteiger partial charge in [-0.15, -0.1) is 5.10 Å². The van der Waals surface area contributed by atoms with Crippen LogP contribution in [0, 0.1) is 0 Å². The lowest BCUT2D eigenvalue weighted by molar-refractivity contribution is 0.0949. The zero-order valence-corrected chi connectivity index (χ0v) is 15.0. The second-order valence-corrected chi connectivity index (χ2v) is 6.87. The minimum atomic E-state index is -0.191. The van der Waals surface area contributed by atoms with Crippen LogP contribution in [-0.2, 0) is 13.0 Å². The SMILES string of the molecule is O=C(NCCc1cccc(Cl)c1)c1cn(CC[C@H]2CCCCN2)nn1. The van der Waals surface area contributed by atoms with Gasteiger partial charge in [0, 0.05) is 24.2 Å². The van der Waals surface area contributed by atoms with Crippen molar-refractivity contribution in [2.45, 2.75) is 44.7 Å². The highest BCUT2D eigenvalue weighted by molar-refractivity contribution is 6.30. The summed E-state index contributed by atoms with van der Waals surface area (Å²) in [6.45, 7) is 2.42. The van der Waals surface area contributed by atoms with Crippen LogP contribution in [0.25, 0.3) is 0 Å². The van der Waals surface area contributed by atoms with Crippen LogP contribution in [0.3, 0.4) is 0 Å². The first-order valence-corrected chi connectivity index (χ1v) is 9.24. The van der Waals surface area contributed by atoms with Gasteiger partial charge in [0.05, 0.1) is 6.20 Å². The van der Waals surface area contributed by atoms with Crippen molar-refractivity contribution < 1.29 is 4.79 Å². The number of nitrogens with zero attached hydrogens (tertiary/aromatic N) is 3. The summed E-state index contributed by atoms with van der Waals surface area (Å²) in [6, 6.07) is 8.20. The van der Waals surface area contributed by atoms with E-state index in [1.807, 2.05) is 24.3 Å². The van der Waals surface area contributed by atoms with Crippen LogP contribution in [0.5, 0.6) is 0 Å². The van der Waals surface area contributed by atoms with Crippen LogP contribution in [0.15, 0.2) is 30.5 Å². The number of aryl methyl sites for hydroxylation is 1. The number of aromatic nitrogens is 3. The first-order valence-electron chi connectivity index (χ1n) is 8.87. The molecule has 7 heteroatoms. The van der Waals surface area contributed by atoms with E-state index < -0.39 is 0 Å². The third-order valence-electron chi connectivity index (χ3n) is 4.48. The largest absolute Gasteiger partial charge is 0.350 e. The molecule has 1 amide bonds. The van der Waals surface area contributed by atoms with Crippen LogP contribution in [-0.4, -0.2) is 40.0 Å². The maximum atomic E-state index is 12.2.